The van der Waals surface area contributed by atoms with Crippen LogP contribution in [0.4, 0.5) is 0 Å². The van der Waals surface area contributed by atoms with Crippen molar-refractivity contribution in [3.05, 3.63) is 29.3 Å². The predicted octanol–water partition coefficient (Wildman–Crippen LogP) is 2.89. The van der Waals surface area contributed by atoms with Gasteiger partial charge in [0.05, 0.1) is 0 Å². The van der Waals surface area contributed by atoms with E-state index < -0.39 is 6.10 Å². The van der Waals surface area contributed by atoms with Gasteiger partial charge < -0.3 is 14.7 Å². The molecule has 1 aliphatic heterocycles. The molecule has 0 unspecified atom stereocenters. The second-order valence-electron chi connectivity index (χ2n) is 7.41. The summed E-state index contributed by atoms with van der Waals surface area (Å²) in [6.07, 6.45) is 4.51. The molecule has 3 nitrogen and oxygen atoms in total. The molecule has 122 valence electrons. The summed E-state index contributed by atoms with van der Waals surface area (Å²) in [4.78, 5) is 2.38. The molecule has 1 heterocycles. The number of rotatable bonds is 5. The van der Waals surface area contributed by atoms with Gasteiger partial charge in [-0.3, -0.25) is 0 Å². The highest BCUT2D eigenvalue weighted by Crippen LogP contribution is 2.26. The van der Waals surface area contributed by atoms with Gasteiger partial charge in [-0.25, -0.2) is 0 Å². The molecule has 1 N–H and O–H groups in total. The van der Waals surface area contributed by atoms with E-state index in [1.807, 2.05) is 6.07 Å². The second-order valence-corrected chi connectivity index (χ2v) is 7.41. The molecule has 1 aliphatic carbocycles. The SMILES string of the molecule is C[C@@H]1C[C@H](C)CN(C[C@H](O)COc2ccc3c(c2)CCC3)C1. The zero-order valence-electron chi connectivity index (χ0n) is 13.9. The Morgan fingerprint density at radius 1 is 1.18 bits per heavy atom. The van der Waals surface area contributed by atoms with Crippen LogP contribution in [-0.2, 0) is 12.8 Å². The van der Waals surface area contributed by atoms with Crippen molar-refractivity contribution in [2.24, 2.45) is 11.8 Å². The standard InChI is InChI=1S/C19H29NO2/c1-14-8-15(2)11-20(10-14)12-18(21)13-22-19-7-6-16-4-3-5-17(16)9-19/h6-7,9,14-15,18,21H,3-5,8,10-13H2,1-2H3/t14-,15+,18-/m0/s1. The van der Waals surface area contributed by atoms with Crippen molar-refractivity contribution in [1.82, 2.24) is 4.90 Å². The molecule has 0 amide bonds. The molecular weight excluding hydrogens is 274 g/mol. The normalized spacial score (nSPS) is 26.7. The van der Waals surface area contributed by atoms with Crippen molar-refractivity contribution in [1.29, 1.82) is 0 Å². The van der Waals surface area contributed by atoms with E-state index in [1.54, 1.807) is 0 Å². The van der Waals surface area contributed by atoms with Gasteiger partial charge in [-0.15, -0.1) is 0 Å². The Balaban J connectivity index is 1.47. The topological polar surface area (TPSA) is 32.7 Å². The van der Waals surface area contributed by atoms with E-state index in [9.17, 15) is 5.11 Å². The second kappa shape index (κ2) is 7.01. The Hall–Kier alpha value is -1.06. The Morgan fingerprint density at radius 2 is 1.91 bits per heavy atom. The molecule has 1 aromatic carbocycles. The Morgan fingerprint density at radius 3 is 2.68 bits per heavy atom. The van der Waals surface area contributed by atoms with Gasteiger partial charge in [-0.1, -0.05) is 19.9 Å². The minimum atomic E-state index is -0.411. The summed E-state index contributed by atoms with van der Waals surface area (Å²) < 4.78 is 5.81. The molecule has 1 fully saturated rings. The fourth-order valence-electron chi connectivity index (χ4n) is 4.12. The molecule has 3 atom stereocenters. The van der Waals surface area contributed by atoms with E-state index in [1.165, 1.54) is 36.8 Å². The third-order valence-electron chi connectivity index (χ3n) is 4.93. The molecule has 22 heavy (non-hydrogen) atoms. The molecule has 3 heteroatoms. The average molecular weight is 303 g/mol. The van der Waals surface area contributed by atoms with Crippen molar-refractivity contribution >= 4 is 0 Å². The molecule has 2 aliphatic rings. The van der Waals surface area contributed by atoms with Gasteiger partial charge >= 0.3 is 0 Å². The number of ether oxygens (including phenoxy) is 1. The van der Waals surface area contributed by atoms with Crippen LogP contribution in [0, 0.1) is 11.8 Å². The lowest BCUT2D eigenvalue weighted by Gasteiger charge is -2.35. The van der Waals surface area contributed by atoms with Crippen molar-refractivity contribution < 1.29 is 9.84 Å². The quantitative estimate of drug-likeness (QED) is 0.908. The van der Waals surface area contributed by atoms with E-state index in [4.69, 9.17) is 4.74 Å². The fourth-order valence-corrected chi connectivity index (χ4v) is 4.12. The number of likely N-dealkylation sites (tertiary alicyclic amines) is 1. The van der Waals surface area contributed by atoms with E-state index >= 15 is 0 Å². The van der Waals surface area contributed by atoms with Crippen LogP contribution >= 0.6 is 0 Å². The molecular formula is C19H29NO2. The smallest absolute Gasteiger partial charge is 0.119 e. The van der Waals surface area contributed by atoms with Gasteiger partial charge in [0, 0.05) is 19.6 Å². The first-order chi connectivity index (χ1) is 10.6. The number of β-amino-alcohol motifs (C(OH)–C–C–N with tert-alkyl or cyclic N) is 1. The summed E-state index contributed by atoms with van der Waals surface area (Å²) in [5, 5.41) is 10.3. The number of piperidine rings is 1. The zero-order chi connectivity index (χ0) is 15.5. The average Bonchev–Trinajstić information content (AvgIpc) is 2.91. The van der Waals surface area contributed by atoms with Crippen LogP contribution < -0.4 is 4.74 Å². The number of hydrogen-bond donors (Lipinski definition) is 1. The monoisotopic (exact) mass is 303 g/mol. The minimum absolute atomic E-state index is 0.387. The molecule has 0 saturated carbocycles. The fraction of sp³-hybridized carbons (Fsp3) is 0.684. The Bertz CT molecular complexity index is 492. The number of fused-ring (bicyclic) bond motifs is 1. The molecule has 1 saturated heterocycles. The van der Waals surface area contributed by atoms with Gasteiger partial charge in [0.15, 0.2) is 0 Å². The summed E-state index contributed by atoms with van der Waals surface area (Å²) in [6.45, 7) is 7.91. The van der Waals surface area contributed by atoms with Gasteiger partial charge in [0.25, 0.3) is 0 Å². The maximum Gasteiger partial charge on any atom is 0.119 e. The van der Waals surface area contributed by atoms with Gasteiger partial charge in [-0.05, 0) is 60.8 Å². The van der Waals surface area contributed by atoms with Crippen molar-refractivity contribution in [2.45, 2.75) is 45.6 Å². The highest BCUT2D eigenvalue weighted by molar-refractivity contribution is 5.38. The molecule has 0 aromatic heterocycles. The first kappa shape index (κ1) is 15.8. The van der Waals surface area contributed by atoms with Crippen LogP contribution in [0.15, 0.2) is 18.2 Å². The van der Waals surface area contributed by atoms with E-state index in [0.717, 1.165) is 37.2 Å². The lowest BCUT2D eigenvalue weighted by atomic mass is 9.92. The van der Waals surface area contributed by atoms with E-state index in [-0.39, 0.29) is 0 Å². The Labute approximate surface area is 134 Å². The maximum absolute atomic E-state index is 10.3. The number of aliphatic hydroxyl groups excluding tert-OH is 1. The first-order valence-corrected chi connectivity index (χ1v) is 8.75. The zero-order valence-corrected chi connectivity index (χ0v) is 13.9. The van der Waals surface area contributed by atoms with E-state index in [0.29, 0.717) is 6.61 Å². The lowest BCUT2D eigenvalue weighted by Crippen LogP contribution is -2.44. The van der Waals surface area contributed by atoms with Crippen molar-refractivity contribution in [2.75, 3.05) is 26.2 Å². The third-order valence-corrected chi connectivity index (χ3v) is 4.93. The third kappa shape index (κ3) is 4.02. The van der Waals surface area contributed by atoms with Crippen LogP contribution in [0.2, 0.25) is 0 Å². The van der Waals surface area contributed by atoms with Crippen LogP contribution in [0.1, 0.15) is 37.8 Å². The minimum Gasteiger partial charge on any atom is -0.491 e. The first-order valence-electron chi connectivity index (χ1n) is 8.75. The van der Waals surface area contributed by atoms with Gasteiger partial charge in [0.2, 0.25) is 0 Å². The predicted molar refractivity (Wildman–Crippen MR) is 89.4 cm³/mol. The molecule has 0 radical (unpaired) electrons. The molecule has 0 bridgehead atoms. The summed E-state index contributed by atoms with van der Waals surface area (Å²) in [6, 6.07) is 6.38. The van der Waals surface area contributed by atoms with Crippen LogP contribution in [0.25, 0.3) is 0 Å². The van der Waals surface area contributed by atoms with E-state index in [2.05, 4.69) is 30.9 Å². The number of benzene rings is 1. The van der Waals surface area contributed by atoms with Crippen LogP contribution in [-0.4, -0.2) is 42.4 Å². The summed E-state index contributed by atoms with van der Waals surface area (Å²) >= 11 is 0. The van der Waals surface area contributed by atoms with Gasteiger partial charge in [0.1, 0.15) is 18.5 Å². The summed E-state index contributed by atoms with van der Waals surface area (Å²) in [5.74, 6) is 2.36. The van der Waals surface area contributed by atoms with Crippen molar-refractivity contribution in [3.63, 3.8) is 0 Å². The maximum atomic E-state index is 10.3. The molecule has 0 spiro atoms. The molecule has 1 aromatic rings. The summed E-state index contributed by atoms with van der Waals surface area (Å²) in [7, 11) is 0. The van der Waals surface area contributed by atoms with Crippen molar-refractivity contribution in [3.8, 4) is 5.75 Å². The largest absolute Gasteiger partial charge is 0.491 e. The Kier molecular flexibility index (Phi) is 5.04. The highest BCUT2D eigenvalue weighted by atomic mass is 16.5. The van der Waals surface area contributed by atoms with Crippen LogP contribution in [0.3, 0.4) is 0 Å². The van der Waals surface area contributed by atoms with Crippen LogP contribution in [0.5, 0.6) is 5.75 Å². The molecule has 3 rings (SSSR count). The lowest BCUT2D eigenvalue weighted by molar-refractivity contribution is 0.0429. The summed E-state index contributed by atoms with van der Waals surface area (Å²) in [5.41, 5.74) is 2.88. The number of aryl methyl sites for hydroxylation is 2. The number of aliphatic hydroxyl groups is 1. The highest BCUT2D eigenvalue weighted by Gasteiger charge is 2.23. The van der Waals surface area contributed by atoms with Gasteiger partial charge in [-0.2, -0.15) is 0 Å². The number of hydrogen-bond acceptors (Lipinski definition) is 3. The number of nitrogens with zero attached hydrogens (tertiary/aromatic N) is 1.